The Morgan fingerprint density at radius 2 is 2.18 bits per heavy atom. The van der Waals surface area contributed by atoms with Crippen LogP contribution in [0.1, 0.15) is 43.7 Å². The first kappa shape index (κ1) is 16.4. The second-order valence-electron chi connectivity index (χ2n) is 5.30. The Hall–Kier alpha value is -2.00. The molecule has 6 heteroatoms. The van der Waals surface area contributed by atoms with E-state index in [2.05, 4.69) is 11.1 Å². The van der Waals surface area contributed by atoms with Crippen LogP contribution in [0.25, 0.3) is 5.65 Å². The third-order valence-corrected chi connectivity index (χ3v) is 4.28. The molecule has 2 aromatic rings. The molecule has 0 aliphatic heterocycles. The highest BCUT2D eigenvalue weighted by Crippen LogP contribution is 2.28. The minimum absolute atomic E-state index is 0.315. The van der Waals surface area contributed by atoms with Crippen molar-refractivity contribution in [1.29, 1.82) is 5.26 Å². The molecular formula is C16H19N3O2S. The summed E-state index contributed by atoms with van der Waals surface area (Å²) in [7, 11) is 0. The number of carbonyl (C=O) groups is 1. The smallest absolute Gasteiger partial charge is 0.359 e. The van der Waals surface area contributed by atoms with Gasteiger partial charge >= 0.3 is 5.97 Å². The lowest BCUT2D eigenvalue weighted by Gasteiger charge is -2.16. The van der Waals surface area contributed by atoms with Gasteiger partial charge < -0.3 is 4.74 Å². The fourth-order valence-corrected chi connectivity index (χ4v) is 2.89. The summed E-state index contributed by atoms with van der Waals surface area (Å²) in [4.78, 5) is 16.5. The van der Waals surface area contributed by atoms with Crippen LogP contribution in [0.3, 0.4) is 0 Å². The van der Waals surface area contributed by atoms with Crippen molar-refractivity contribution in [2.24, 2.45) is 0 Å². The van der Waals surface area contributed by atoms with Crippen molar-refractivity contribution in [2.75, 3.05) is 12.4 Å². The third-order valence-electron chi connectivity index (χ3n) is 3.33. The zero-order chi connectivity index (χ0) is 16.3. The van der Waals surface area contributed by atoms with Crippen LogP contribution in [0, 0.1) is 11.3 Å². The Bertz CT molecular complexity index is 744. The largest absolute Gasteiger partial charge is 0.461 e. The topological polar surface area (TPSA) is 67.4 Å². The number of rotatable bonds is 5. The van der Waals surface area contributed by atoms with Crippen molar-refractivity contribution in [2.45, 2.75) is 38.1 Å². The summed E-state index contributed by atoms with van der Waals surface area (Å²) in [5, 5.41) is 10.1. The van der Waals surface area contributed by atoms with Crippen LogP contribution in [0.15, 0.2) is 23.4 Å². The fraction of sp³-hybridized carbons (Fsp3) is 0.438. The number of pyridine rings is 1. The van der Waals surface area contributed by atoms with Crippen molar-refractivity contribution in [3.8, 4) is 6.07 Å². The highest BCUT2D eigenvalue weighted by Gasteiger charge is 2.24. The summed E-state index contributed by atoms with van der Waals surface area (Å²) in [5.41, 5.74) is 1.29. The van der Waals surface area contributed by atoms with E-state index in [-0.39, 0.29) is 0 Å². The van der Waals surface area contributed by atoms with E-state index in [0.29, 0.717) is 17.9 Å². The van der Waals surface area contributed by atoms with Crippen LogP contribution in [-0.2, 0) is 10.2 Å². The zero-order valence-electron chi connectivity index (χ0n) is 13.2. The maximum atomic E-state index is 12.1. The van der Waals surface area contributed by atoms with E-state index in [1.54, 1.807) is 6.92 Å². The van der Waals surface area contributed by atoms with Gasteiger partial charge in [0.05, 0.1) is 18.1 Å². The van der Waals surface area contributed by atoms with E-state index in [1.165, 1.54) is 11.8 Å². The molecule has 2 rings (SSSR count). The molecule has 0 aliphatic rings. The number of nitriles is 1. The molecule has 0 saturated carbocycles. The van der Waals surface area contributed by atoms with E-state index in [0.717, 1.165) is 16.3 Å². The molecule has 0 saturated heterocycles. The van der Waals surface area contributed by atoms with Gasteiger partial charge in [-0.1, -0.05) is 13.0 Å². The monoisotopic (exact) mass is 317 g/mol. The number of esters is 1. The van der Waals surface area contributed by atoms with Crippen LogP contribution in [0.4, 0.5) is 0 Å². The number of hydrogen-bond acceptors (Lipinski definition) is 5. The van der Waals surface area contributed by atoms with Gasteiger partial charge in [-0.15, -0.1) is 11.8 Å². The van der Waals surface area contributed by atoms with Crippen molar-refractivity contribution in [3.05, 3.63) is 29.6 Å². The van der Waals surface area contributed by atoms with Gasteiger partial charge in [-0.3, -0.25) is 4.40 Å². The molecule has 2 aromatic heterocycles. The number of nitrogens with zero attached hydrogens (tertiary/aromatic N) is 3. The minimum Gasteiger partial charge on any atom is -0.461 e. The highest BCUT2D eigenvalue weighted by molar-refractivity contribution is 7.99. The predicted molar refractivity (Wildman–Crippen MR) is 86.2 cm³/mol. The fourth-order valence-electron chi connectivity index (χ4n) is 2.06. The SMILES string of the molecule is CCOC(=O)c1nc2ccc(C(C)(C)C#N)cn2c1SCC. The van der Waals surface area contributed by atoms with Gasteiger partial charge in [0.2, 0.25) is 0 Å². The predicted octanol–water partition coefficient (Wildman–Crippen LogP) is 3.42. The Kier molecular flexibility index (Phi) is 4.77. The van der Waals surface area contributed by atoms with E-state index in [4.69, 9.17) is 4.74 Å². The Balaban J connectivity index is 2.63. The molecule has 0 bridgehead atoms. The maximum absolute atomic E-state index is 12.1. The molecule has 0 N–H and O–H groups in total. The Morgan fingerprint density at radius 3 is 2.77 bits per heavy atom. The van der Waals surface area contributed by atoms with Gasteiger partial charge in [0, 0.05) is 6.20 Å². The molecule has 0 atom stereocenters. The van der Waals surface area contributed by atoms with Crippen molar-refractivity contribution in [1.82, 2.24) is 9.38 Å². The average Bonchev–Trinajstić information content (AvgIpc) is 2.86. The van der Waals surface area contributed by atoms with Crippen LogP contribution >= 0.6 is 11.8 Å². The Morgan fingerprint density at radius 1 is 1.45 bits per heavy atom. The molecule has 5 nitrogen and oxygen atoms in total. The van der Waals surface area contributed by atoms with Gasteiger partial charge in [-0.2, -0.15) is 5.26 Å². The quantitative estimate of drug-likeness (QED) is 0.624. The van der Waals surface area contributed by atoms with E-state index >= 15 is 0 Å². The van der Waals surface area contributed by atoms with E-state index in [9.17, 15) is 10.1 Å². The Labute approximate surface area is 134 Å². The zero-order valence-corrected chi connectivity index (χ0v) is 14.0. The van der Waals surface area contributed by atoms with Crippen molar-refractivity contribution >= 4 is 23.4 Å². The van der Waals surface area contributed by atoms with Crippen LogP contribution < -0.4 is 0 Å². The summed E-state index contributed by atoms with van der Waals surface area (Å²) in [5.74, 6) is 0.398. The summed E-state index contributed by atoms with van der Waals surface area (Å²) in [6.45, 7) is 7.83. The first-order valence-electron chi connectivity index (χ1n) is 7.18. The van der Waals surface area contributed by atoms with E-state index in [1.807, 2.05) is 43.5 Å². The number of ether oxygens (including phenoxy) is 1. The summed E-state index contributed by atoms with van der Waals surface area (Å²) in [6, 6.07) is 6.00. The van der Waals surface area contributed by atoms with Gasteiger partial charge in [-0.25, -0.2) is 9.78 Å². The second kappa shape index (κ2) is 6.41. The van der Waals surface area contributed by atoms with Crippen LogP contribution in [-0.4, -0.2) is 27.7 Å². The summed E-state index contributed by atoms with van der Waals surface area (Å²) >= 11 is 1.54. The summed E-state index contributed by atoms with van der Waals surface area (Å²) in [6.07, 6.45) is 1.88. The molecule has 0 spiro atoms. The first-order chi connectivity index (χ1) is 10.4. The van der Waals surface area contributed by atoms with Gasteiger partial charge in [0.15, 0.2) is 5.69 Å². The van der Waals surface area contributed by atoms with E-state index < -0.39 is 11.4 Å². The number of thioether (sulfide) groups is 1. The normalized spacial score (nSPS) is 11.4. The molecule has 0 unspecified atom stereocenters. The number of hydrogen-bond donors (Lipinski definition) is 0. The summed E-state index contributed by atoms with van der Waals surface area (Å²) < 4.78 is 6.95. The second-order valence-corrected chi connectivity index (χ2v) is 6.55. The molecule has 22 heavy (non-hydrogen) atoms. The lowest BCUT2D eigenvalue weighted by molar-refractivity contribution is 0.0515. The lowest BCUT2D eigenvalue weighted by Crippen LogP contribution is -2.14. The first-order valence-corrected chi connectivity index (χ1v) is 8.17. The van der Waals surface area contributed by atoms with Crippen molar-refractivity contribution in [3.63, 3.8) is 0 Å². The molecule has 0 fully saturated rings. The number of carbonyl (C=O) groups excluding carboxylic acids is 1. The number of aromatic nitrogens is 2. The highest BCUT2D eigenvalue weighted by atomic mass is 32.2. The van der Waals surface area contributed by atoms with Gasteiger partial charge in [0.25, 0.3) is 0 Å². The molecule has 116 valence electrons. The van der Waals surface area contributed by atoms with Crippen LogP contribution in [0.5, 0.6) is 0 Å². The lowest BCUT2D eigenvalue weighted by atomic mass is 9.88. The molecule has 2 heterocycles. The van der Waals surface area contributed by atoms with Crippen LogP contribution in [0.2, 0.25) is 0 Å². The van der Waals surface area contributed by atoms with Gasteiger partial charge in [0.1, 0.15) is 10.7 Å². The number of imidazole rings is 1. The third kappa shape index (κ3) is 2.95. The maximum Gasteiger partial charge on any atom is 0.359 e. The molecular weight excluding hydrogens is 298 g/mol. The number of fused-ring (bicyclic) bond motifs is 1. The molecule has 0 radical (unpaired) electrons. The molecule has 0 aliphatic carbocycles. The van der Waals surface area contributed by atoms with Crippen molar-refractivity contribution < 1.29 is 9.53 Å². The molecule has 0 aromatic carbocycles. The molecule has 0 amide bonds. The average molecular weight is 317 g/mol. The minimum atomic E-state index is -0.600. The standard InChI is InChI=1S/C16H19N3O2S/c1-5-21-15(20)13-14(22-6-2)19-9-11(16(3,4)10-17)7-8-12(19)18-13/h7-9H,5-6H2,1-4H3. The van der Waals surface area contributed by atoms with Gasteiger partial charge in [-0.05, 0) is 38.2 Å².